The fraction of sp³-hybridized carbons (Fsp3) is 0.562. The summed E-state index contributed by atoms with van der Waals surface area (Å²) in [5, 5.41) is 4.21. The van der Waals surface area contributed by atoms with E-state index in [-0.39, 0.29) is 18.1 Å². The topological polar surface area (TPSA) is 32.3 Å². The summed E-state index contributed by atoms with van der Waals surface area (Å²) in [6.07, 6.45) is 4.41. The van der Waals surface area contributed by atoms with Crippen LogP contribution in [0.1, 0.15) is 44.3 Å². The van der Waals surface area contributed by atoms with Gasteiger partial charge in [-0.1, -0.05) is 37.1 Å². The second-order valence-electron chi connectivity index (χ2n) is 5.90. The quantitative estimate of drug-likeness (QED) is 0.903. The molecular formula is C16H21ClN2O. The third-order valence-corrected chi connectivity index (χ3v) is 4.38. The molecule has 4 heteroatoms. The zero-order valence-electron chi connectivity index (χ0n) is 11.8. The number of benzene rings is 1. The lowest BCUT2D eigenvalue weighted by Crippen LogP contribution is -2.32. The molecule has 0 bridgehead atoms. The molecule has 1 aromatic carbocycles. The van der Waals surface area contributed by atoms with Crippen molar-refractivity contribution in [3.8, 4) is 0 Å². The first-order valence-corrected chi connectivity index (χ1v) is 7.89. The maximum atomic E-state index is 12.6. The fourth-order valence-electron chi connectivity index (χ4n) is 2.90. The maximum Gasteiger partial charge on any atom is 0.241 e. The zero-order chi connectivity index (χ0) is 14.1. The average molecular weight is 293 g/mol. The third-order valence-electron chi connectivity index (χ3n) is 4.15. The van der Waals surface area contributed by atoms with Gasteiger partial charge in [-0.05, 0) is 42.9 Å². The highest BCUT2D eigenvalue weighted by Gasteiger charge is 2.41. The van der Waals surface area contributed by atoms with Gasteiger partial charge in [-0.3, -0.25) is 10.1 Å². The number of rotatable bonds is 5. The number of nitrogens with one attached hydrogen (secondary N) is 1. The molecule has 2 aliphatic rings. The standard InChI is InChI=1S/C16H21ClN2O/c1-2-4-14-16(20)19(10-11-7-8-11)15(18-14)12-5-3-6-13(17)9-12/h3,5-6,9,11,14-15,18H,2,4,7-8,10H2,1H3. The first-order chi connectivity index (χ1) is 9.69. The summed E-state index contributed by atoms with van der Waals surface area (Å²) >= 11 is 6.09. The van der Waals surface area contributed by atoms with Crippen molar-refractivity contribution < 1.29 is 4.79 Å². The summed E-state index contributed by atoms with van der Waals surface area (Å²) < 4.78 is 0. The molecule has 1 heterocycles. The van der Waals surface area contributed by atoms with Crippen molar-refractivity contribution in [3.63, 3.8) is 0 Å². The number of nitrogens with zero attached hydrogens (tertiary/aromatic N) is 1. The van der Waals surface area contributed by atoms with Crippen LogP contribution in [-0.2, 0) is 4.79 Å². The molecule has 108 valence electrons. The van der Waals surface area contributed by atoms with E-state index >= 15 is 0 Å². The van der Waals surface area contributed by atoms with E-state index in [0.717, 1.165) is 30.0 Å². The van der Waals surface area contributed by atoms with Gasteiger partial charge in [0.1, 0.15) is 6.17 Å². The summed E-state index contributed by atoms with van der Waals surface area (Å²) in [6.45, 7) is 3.00. The minimum absolute atomic E-state index is 0.0154. The number of hydrogen-bond donors (Lipinski definition) is 1. The van der Waals surface area contributed by atoms with Gasteiger partial charge < -0.3 is 4.90 Å². The highest BCUT2D eigenvalue weighted by Crippen LogP contribution is 2.35. The molecule has 1 saturated carbocycles. The van der Waals surface area contributed by atoms with E-state index in [2.05, 4.69) is 12.2 Å². The van der Waals surface area contributed by atoms with E-state index in [1.807, 2.05) is 29.2 Å². The maximum absolute atomic E-state index is 12.6. The molecule has 1 aliphatic heterocycles. The molecule has 0 aromatic heterocycles. The van der Waals surface area contributed by atoms with Crippen LogP contribution in [0, 0.1) is 5.92 Å². The second-order valence-corrected chi connectivity index (χ2v) is 6.34. The minimum atomic E-state index is -0.0391. The Kier molecular flexibility index (Phi) is 3.99. The molecule has 2 fully saturated rings. The van der Waals surface area contributed by atoms with Crippen molar-refractivity contribution in [1.29, 1.82) is 0 Å². The molecule has 3 rings (SSSR count). The average Bonchev–Trinajstić information content (AvgIpc) is 3.19. The van der Waals surface area contributed by atoms with Gasteiger partial charge in [0.15, 0.2) is 0 Å². The van der Waals surface area contributed by atoms with Gasteiger partial charge in [-0.15, -0.1) is 0 Å². The van der Waals surface area contributed by atoms with Crippen molar-refractivity contribution in [2.75, 3.05) is 6.54 Å². The molecule has 1 aromatic rings. The van der Waals surface area contributed by atoms with E-state index in [0.29, 0.717) is 5.92 Å². The van der Waals surface area contributed by atoms with Gasteiger partial charge in [0.2, 0.25) is 5.91 Å². The molecule has 0 radical (unpaired) electrons. The number of carbonyl (C=O) groups excluding carboxylic acids is 1. The van der Waals surface area contributed by atoms with Gasteiger partial charge in [0.25, 0.3) is 0 Å². The van der Waals surface area contributed by atoms with E-state index in [1.54, 1.807) is 0 Å². The summed E-state index contributed by atoms with van der Waals surface area (Å²) in [5.74, 6) is 0.950. The molecule has 0 spiro atoms. The molecule has 1 aliphatic carbocycles. The first kappa shape index (κ1) is 13.9. The SMILES string of the molecule is CCCC1NC(c2cccc(Cl)c2)N(CC2CC2)C1=O. The molecule has 1 saturated heterocycles. The minimum Gasteiger partial charge on any atom is -0.321 e. The van der Waals surface area contributed by atoms with Crippen molar-refractivity contribution in [2.24, 2.45) is 5.92 Å². The van der Waals surface area contributed by atoms with Gasteiger partial charge in [-0.25, -0.2) is 0 Å². The predicted molar refractivity (Wildman–Crippen MR) is 80.5 cm³/mol. The van der Waals surface area contributed by atoms with Crippen LogP contribution in [0.2, 0.25) is 5.02 Å². The largest absolute Gasteiger partial charge is 0.321 e. The van der Waals surface area contributed by atoms with Crippen LogP contribution in [0.3, 0.4) is 0 Å². The normalized spacial score (nSPS) is 26.3. The Balaban J connectivity index is 1.83. The van der Waals surface area contributed by atoms with Crippen LogP contribution in [0.15, 0.2) is 24.3 Å². The van der Waals surface area contributed by atoms with Crippen LogP contribution < -0.4 is 5.32 Å². The number of carbonyl (C=O) groups is 1. The highest BCUT2D eigenvalue weighted by molar-refractivity contribution is 6.30. The molecule has 20 heavy (non-hydrogen) atoms. The molecule has 2 atom stereocenters. The fourth-order valence-corrected chi connectivity index (χ4v) is 3.10. The Morgan fingerprint density at radius 1 is 1.40 bits per heavy atom. The van der Waals surface area contributed by atoms with Gasteiger partial charge in [0.05, 0.1) is 6.04 Å². The van der Waals surface area contributed by atoms with E-state index in [9.17, 15) is 4.79 Å². The zero-order valence-corrected chi connectivity index (χ0v) is 12.6. The van der Waals surface area contributed by atoms with Gasteiger partial charge in [0, 0.05) is 11.6 Å². The summed E-state index contributed by atoms with van der Waals surface area (Å²) in [7, 11) is 0. The van der Waals surface area contributed by atoms with Gasteiger partial charge in [-0.2, -0.15) is 0 Å². The summed E-state index contributed by atoms with van der Waals surface area (Å²) in [6, 6.07) is 7.79. The number of halogens is 1. The molecule has 2 unspecified atom stereocenters. The smallest absolute Gasteiger partial charge is 0.241 e. The van der Waals surface area contributed by atoms with Crippen molar-refractivity contribution in [2.45, 2.75) is 44.8 Å². The summed E-state index contributed by atoms with van der Waals surface area (Å²) in [5.41, 5.74) is 1.09. The monoisotopic (exact) mass is 292 g/mol. The van der Waals surface area contributed by atoms with Crippen LogP contribution in [0.25, 0.3) is 0 Å². The number of amides is 1. The van der Waals surface area contributed by atoms with Crippen molar-refractivity contribution in [1.82, 2.24) is 10.2 Å². The third kappa shape index (κ3) is 2.84. The van der Waals surface area contributed by atoms with E-state index in [1.165, 1.54) is 12.8 Å². The van der Waals surface area contributed by atoms with Gasteiger partial charge >= 0.3 is 0 Å². The second kappa shape index (κ2) is 5.74. The lowest BCUT2D eigenvalue weighted by molar-refractivity contribution is -0.130. The Morgan fingerprint density at radius 3 is 2.85 bits per heavy atom. The van der Waals surface area contributed by atoms with E-state index < -0.39 is 0 Å². The van der Waals surface area contributed by atoms with Crippen LogP contribution in [0.5, 0.6) is 0 Å². The Bertz CT molecular complexity index is 501. The predicted octanol–water partition coefficient (Wildman–Crippen LogP) is 3.35. The molecule has 3 nitrogen and oxygen atoms in total. The molecule has 1 amide bonds. The lowest BCUT2D eigenvalue weighted by Gasteiger charge is -2.24. The Morgan fingerprint density at radius 2 is 2.20 bits per heavy atom. The highest BCUT2D eigenvalue weighted by atomic mass is 35.5. The van der Waals surface area contributed by atoms with Crippen LogP contribution in [0.4, 0.5) is 0 Å². The van der Waals surface area contributed by atoms with Crippen molar-refractivity contribution in [3.05, 3.63) is 34.9 Å². The number of hydrogen-bond acceptors (Lipinski definition) is 2. The summed E-state index contributed by atoms with van der Waals surface area (Å²) in [4.78, 5) is 14.6. The molecular weight excluding hydrogens is 272 g/mol. The Hall–Kier alpha value is -1.06. The molecule has 1 N–H and O–H groups in total. The Labute approximate surface area is 125 Å². The van der Waals surface area contributed by atoms with Crippen LogP contribution >= 0.6 is 11.6 Å². The van der Waals surface area contributed by atoms with E-state index in [4.69, 9.17) is 11.6 Å². The van der Waals surface area contributed by atoms with Crippen molar-refractivity contribution >= 4 is 17.5 Å². The van der Waals surface area contributed by atoms with Crippen LogP contribution in [-0.4, -0.2) is 23.4 Å². The first-order valence-electron chi connectivity index (χ1n) is 7.51. The lowest BCUT2D eigenvalue weighted by atomic mass is 10.1.